The number of aromatic nitrogens is 1. The second kappa shape index (κ2) is 7.23. The molecule has 2 aromatic rings. The van der Waals surface area contributed by atoms with Crippen LogP contribution in [0.5, 0.6) is 0 Å². The molecule has 6 nitrogen and oxygen atoms in total. The Kier molecular flexibility index (Phi) is 4.86. The minimum atomic E-state index is -0.672. The predicted octanol–water partition coefficient (Wildman–Crippen LogP) is 1.76. The fraction of sp³-hybridized carbons (Fsp3) is 0.278. The quantitative estimate of drug-likeness (QED) is 0.930. The minimum Gasteiger partial charge on any atom is -0.369 e. The molecule has 2 amide bonds. The summed E-state index contributed by atoms with van der Waals surface area (Å²) in [5.74, 6) is -0.0271. The number of aryl methyl sites for hydroxylation is 1. The Balaban J connectivity index is 1.74. The van der Waals surface area contributed by atoms with Gasteiger partial charge in [-0.2, -0.15) is 0 Å². The highest BCUT2D eigenvalue weighted by Crippen LogP contribution is 2.15. The number of nitrogens with one attached hydrogen (secondary N) is 1. The number of hydrogen-bond donors (Lipinski definition) is 1. The van der Waals surface area contributed by atoms with E-state index < -0.39 is 6.04 Å². The molecular weight excluding hydrogens is 306 g/mol. The smallest absolute Gasteiger partial charge is 0.250 e. The minimum absolute atomic E-state index is 0.000600. The molecule has 1 N–H and O–H groups in total. The molecule has 0 spiro atoms. The number of benzene rings is 1. The molecule has 1 aromatic carbocycles. The van der Waals surface area contributed by atoms with E-state index in [0.717, 1.165) is 11.1 Å². The third kappa shape index (κ3) is 3.78. The summed E-state index contributed by atoms with van der Waals surface area (Å²) in [5.41, 5.74) is 1.98. The van der Waals surface area contributed by atoms with E-state index in [0.29, 0.717) is 12.4 Å². The number of carbonyl (C=O) groups excluding carboxylic acids is 2. The average Bonchev–Trinajstić information content (AvgIpc) is 2.59. The molecule has 1 saturated heterocycles. The zero-order valence-corrected chi connectivity index (χ0v) is 13.4. The van der Waals surface area contributed by atoms with E-state index in [2.05, 4.69) is 10.3 Å². The van der Waals surface area contributed by atoms with Crippen LogP contribution in [0.15, 0.2) is 48.7 Å². The molecule has 1 unspecified atom stereocenters. The number of nitrogens with zero attached hydrogens (tertiary/aromatic N) is 2. The molecule has 0 radical (unpaired) electrons. The van der Waals surface area contributed by atoms with Gasteiger partial charge in [-0.05, 0) is 24.1 Å². The highest BCUT2D eigenvalue weighted by atomic mass is 16.5. The van der Waals surface area contributed by atoms with Crippen LogP contribution in [-0.2, 0) is 20.9 Å². The van der Waals surface area contributed by atoms with Crippen LogP contribution < -0.4 is 5.32 Å². The SMILES string of the molecule is Cc1ccc(NC(=O)C2COCC(=O)N2Cc2ccccc2)nc1. The molecular formula is C18H19N3O3. The van der Waals surface area contributed by atoms with E-state index in [1.54, 1.807) is 17.2 Å². The van der Waals surface area contributed by atoms with E-state index >= 15 is 0 Å². The summed E-state index contributed by atoms with van der Waals surface area (Å²) in [7, 11) is 0. The monoisotopic (exact) mass is 325 g/mol. The molecule has 3 rings (SSSR count). The summed E-state index contributed by atoms with van der Waals surface area (Å²) in [4.78, 5) is 30.5. The third-order valence-corrected chi connectivity index (χ3v) is 3.86. The number of anilines is 1. The summed E-state index contributed by atoms with van der Waals surface area (Å²) in [6, 6.07) is 12.5. The molecule has 0 bridgehead atoms. The Labute approximate surface area is 140 Å². The second-order valence-electron chi connectivity index (χ2n) is 5.75. The van der Waals surface area contributed by atoms with Crippen molar-refractivity contribution in [3.8, 4) is 0 Å². The Hall–Kier alpha value is -2.73. The van der Waals surface area contributed by atoms with Crippen molar-refractivity contribution in [2.45, 2.75) is 19.5 Å². The van der Waals surface area contributed by atoms with Crippen molar-refractivity contribution in [3.63, 3.8) is 0 Å². The Morgan fingerprint density at radius 3 is 2.79 bits per heavy atom. The van der Waals surface area contributed by atoms with Gasteiger partial charge in [0.1, 0.15) is 18.5 Å². The van der Waals surface area contributed by atoms with Gasteiger partial charge in [-0.1, -0.05) is 36.4 Å². The molecule has 6 heteroatoms. The van der Waals surface area contributed by atoms with E-state index in [-0.39, 0.29) is 25.0 Å². The van der Waals surface area contributed by atoms with Gasteiger partial charge in [-0.3, -0.25) is 9.59 Å². The lowest BCUT2D eigenvalue weighted by atomic mass is 10.1. The Morgan fingerprint density at radius 1 is 1.29 bits per heavy atom. The fourth-order valence-corrected chi connectivity index (χ4v) is 2.55. The zero-order chi connectivity index (χ0) is 16.9. The number of rotatable bonds is 4. The summed E-state index contributed by atoms with van der Waals surface area (Å²) in [5, 5.41) is 2.75. The van der Waals surface area contributed by atoms with Gasteiger partial charge in [0, 0.05) is 12.7 Å². The molecule has 24 heavy (non-hydrogen) atoms. The van der Waals surface area contributed by atoms with Crippen LogP contribution in [0.3, 0.4) is 0 Å². The summed E-state index contributed by atoms with van der Waals surface area (Å²) < 4.78 is 5.27. The maximum absolute atomic E-state index is 12.6. The van der Waals surface area contributed by atoms with Gasteiger partial charge in [0.25, 0.3) is 5.91 Å². The molecule has 124 valence electrons. The second-order valence-corrected chi connectivity index (χ2v) is 5.75. The van der Waals surface area contributed by atoms with Crippen molar-refractivity contribution in [2.75, 3.05) is 18.5 Å². The topological polar surface area (TPSA) is 71.5 Å². The summed E-state index contributed by atoms with van der Waals surface area (Å²) in [6.07, 6.45) is 1.68. The predicted molar refractivity (Wildman–Crippen MR) is 89.2 cm³/mol. The first-order chi connectivity index (χ1) is 11.6. The molecule has 1 aliphatic heterocycles. The standard InChI is InChI=1S/C18H19N3O3/c1-13-7-8-16(19-9-13)20-18(23)15-11-24-12-17(22)21(15)10-14-5-3-2-4-6-14/h2-9,15H,10-12H2,1H3,(H,19,20,23). The van der Waals surface area contributed by atoms with Gasteiger partial charge in [0.05, 0.1) is 6.61 Å². The lowest BCUT2D eigenvalue weighted by Gasteiger charge is -2.34. The molecule has 1 atom stereocenters. The lowest BCUT2D eigenvalue weighted by Crippen LogP contribution is -2.54. The van der Waals surface area contributed by atoms with Crippen LogP contribution in [0.4, 0.5) is 5.82 Å². The van der Waals surface area contributed by atoms with Crippen molar-refractivity contribution < 1.29 is 14.3 Å². The lowest BCUT2D eigenvalue weighted by molar-refractivity contribution is -0.154. The first kappa shape index (κ1) is 16.1. The molecule has 1 fully saturated rings. The largest absolute Gasteiger partial charge is 0.369 e. The van der Waals surface area contributed by atoms with Gasteiger partial charge in [0.2, 0.25) is 5.91 Å². The molecule has 2 heterocycles. The normalized spacial score (nSPS) is 17.6. The van der Waals surface area contributed by atoms with E-state index in [1.807, 2.05) is 43.3 Å². The molecule has 1 aromatic heterocycles. The van der Waals surface area contributed by atoms with Crippen LogP contribution in [0.25, 0.3) is 0 Å². The number of ether oxygens (including phenoxy) is 1. The van der Waals surface area contributed by atoms with Crippen molar-refractivity contribution in [1.29, 1.82) is 0 Å². The number of amides is 2. The molecule has 1 aliphatic rings. The summed E-state index contributed by atoms with van der Waals surface area (Å²) in [6.45, 7) is 2.48. The maximum Gasteiger partial charge on any atom is 0.250 e. The third-order valence-electron chi connectivity index (χ3n) is 3.86. The fourth-order valence-electron chi connectivity index (χ4n) is 2.55. The van der Waals surface area contributed by atoms with E-state index in [4.69, 9.17) is 4.74 Å². The Morgan fingerprint density at radius 2 is 2.08 bits per heavy atom. The highest BCUT2D eigenvalue weighted by Gasteiger charge is 2.34. The van der Waals surface area contributed by atoms with Crippen molar-refractivity contribution in [3.05, 3.63) is 59.8 Å². The van der Waals surface area contributed by atoms with Crippen LogP contribution in [0.1, 0.15) is 11.1 Å². The highest BCUT2D eigenvalue weighted by molar-refractivity contribution is 5.97. The van der Waals surface area contributed by atoms with Gasteiger partial charge in [-0.25, -0.2) is 4.98 Å². The van der Waals surface area contributed by atoms with Crippen molar-refractivity contribution in [1.82, 2.24) is 9.88 Å². The van der Waals surface area contributed by atoms with E-state index in [1.165, 1.54) is 0 Å². The van der Waals surface area contributed by atoms with Crippen LogP contribution in [0, 0.1) is 6.92 Å². The number of carbonyl (C=O) groups is 2. The van der Waals surface area contributed by atoms with Gasteiger partial charge >= 0.3 is 0 Å². The van der Waals surface area contributed by atoms with Crippen LogP contribution in [0.2, 0.25) is 0 Å². The average molecular weight is 325 g/mol. The Bertz CT molecular complexity index is 716. The van der Waals surface area contributed by atoms with E-state index in [9.17, 15) is 9.59 Å². The first-order valence-corrected chi connectivity index (χ1v) is 7.78. The number of morpholine rings is 1. The summed E-state index contributed by atoms with van der Waals surface area (Å²) >= 11 is 0. The van der Waals surface area contributed by atoms with Crippen LogP contribution >= 0.6 is 0 Å². The zero-order valence-electron chi connectivity index (χ0n) is 13.4. The number of pyridine rings is 1. The molecule has 0 aliphatic carbocycles. The van der Waals surface area contributed by atoms with Gasteiger partial charge in [0.15, 0.2) is 0 Å². The number of hydrogen-bond acceptors (Lipinski definition) is 4. The maximum atomic E-state index is 12.6. The van der Waals surface area contributed by atoms with Gasteiger partial charge in [-0.15, -0.1) is 0 Å². The van der Waals surface area contributed by atoms with Crippen molar-refractivity contribution >= 4 is 17.6 Å². The van der Waals surface area contributed by atoms with Crippen molar-refractivity contribution in [2.24, 2.45) is 0 Å². The van der Waals surface area contributed by atoms with Crippen LogP contribution in [-0.4, -0.2) is 41.0 Å². The molecule has 0 saturated carbocycles. The first-order valence-electron chi connectivity index (χ1n) is 7.78. The van der Waals surface area contributed by atoms with Gasteiger partial charge < -0.3 is 15.0 Å².